The van der Waals surface area contributed by atoms with Gasteiger partial charge in [-0.25, -0.2) is 0 Å². The molecule has 0 saturated heterocycles. The van der Waals surface area contributed by atoms with Crippen LogP contribution in [0.2, 0.25) is 8.67 Å². The Bertz CT molecular complexity index is 540. The smallest absolute Gasteiger partial charge is 1.00 e. The first-order chi connectivity index (χ1) is 7.40. The molecule has 0 N–H and O–H groups in total. The molecule has 0 aromatic carbocycles. The Morgan fingerprint density at radius 2 is 1.16 bits per heavy atom. The van der Waals surface area contributed by atoms with Crippen molar-refractivity contribution in [2.45, 2.75) is 0 Å². The number of aromatic nitrogens is 2. The van der Waals surface area contributed by atoms with Crippen LogP contribution in [0.1, 0.15) is 0 Å². The summed E-state index contributed by atoms with van der Waals surface area (Å²) in [6, 6.07) is 2.79. The molecule has 0 aliphatic carbocycles. The molecule has 0 atom stereocenters. The number of hydrogen-bond acceptors (Lipinski definition) is 4. The molecule has 0 bridgehead atoms. The molecule has 11 heteroatoms. The summed E-state index contributed by atoms with van der Waals surface area (Å²) < 4.78 is 4.03. The molecule has 19 heavy (non-hydrogen) atoms. The molecular weight excluding hydrogens is 386 g/mol. The summed E-state index contributed by atoms with van der Waals surface area (Å²) in [6.45, 7) is 0. The third-order valence-corrected chi connectivity index (χ3v) is 3.67. The minimum absolute atomic E-state index is 0. The fraction of sp³-hybridized carbons (Fsp3) is 0.250. The molecule has 104 valence electrons. The summed E-state index contributed by atoms with van der Waals surface area (Å²) in [7, 11) is 3.36. The number of halogens is 4. The summed E-state index contributed by atoms with van der Waals surface area (Å²) in [5.41, 5.74) is -0.0833. The van der Waals surface area contributed by atoms with E-state index in [2.05, 4.69) is 0 Å². The summed E-state index contributed by atoms with van der Waals surface area (Å²) in [6.07, 6.45) is 0. The van der Waals surface area contributed by atoms with Crippen LogP contribution >= 0.6 is 46.3 Å². The van der Waals surface area contributed by atoms with E-state index in [0.29, 0.717) is 8.67 Å². The van der Waals surface area contributed by atoms with Crippen LogP contribution in [0.4, 0.5) is 0 Å². The van der Waals surface area contributed by atoms with Gasteiger partial charge in [0.05, 0.1) is 0 Å². The van der Waals surface area contributed by atoms with Crippen molar-refractivity contribution in [2.75, 3.05) is 0 Å². The molecule has 0 spiro atoms. The van der Waals surface area contributed by atoms with Crippen LogP contribution in [0.5, 0.6) is 0 Å². The minimum atomic E-state index is -0.0417. The van der Waals surface area contributed by atoms with E-state index in [4.69, 9.17) is 23.2 Å². The van der Waals surface area contributed by atoms with Gasteiger partial charge < -0.3 is 24.8 Å². The van der Waals surface area contributed by atoms with Gasteiger partial charge in [0.2, 0.25) is 0 Å². The molecule has 0 aliphatic heterocycles. The second-order valence-electron chi connectivity index (χ2n) is 2.75. The second kappa shape index (κ2) is 11.4. The Labute approximate surface area is 156 Å². The molecule has 0 saturated carbocycles. The third-order valence-electron chi connectivity index (χ3n) is 1.54. The molecule has 4 nitrogen and oxygen atoms in total. The van der Waals surface area contributed by atoms with E-state index in [-0.39, 0.29) is 59.0 Å². The van der Waals surface area contributed by atoms with E-state index >= 15 is 0 Å². The van der Waals surface area contributed by atoms with Crippen molar-refractivity contribution in [1.29, 1.82) is 0 Å². The number of rotatable bonds is 0. The SMILES string of the molecule is Cn1sc(Cl)cc1=O.Cn1sc(Cl)cc1=O.[Cl-].[Cl-].[Mg+2]. The maximum absolute atomic E-state index is 10.5. The molecule has 2 aromatic heterocycles. The van der Waals surface area contributed by atoms with Crippen molar-refractivity contribution in [3.8, 4) is 0 Å². The van der Waals surface area contributed by atoms with E-state index < -0.39 is 0 Å². The first-order valence-electron chi connectivity index (χ1n) is 4.06. The average Bonchev–Trinajstić information content (AvgIpc) is 2.58. The van der Waals surface area contributed by atoms with Crippen LogP contribution in [0, 0.1) is 0 Å². The van der Waals surface area contributed by atoms with Gasteiger partial charge in [0.25, 0.3) is 11.1 Å². The Hall–Kier alpha value is 0.786. The molecule has 0 unspecified atom stereocenters. The zero-order valence-electron chi connectivity index (χ0n) is 9.90. The van der Waals surface area contributed by atoms with Crippen LogP contribution < -0.4 is 35.9 Å². The second-order valence-corrected chi connectivity index (χ2v) is 6.35. The third kappa shape index (κ3) is 8.62. The van der Waals surface area contributed by atoms with Crippen LogP contribution in [0.3, 0.4) is 0 Å². The van der Waals surface area contributed by atoms with Crippen molar-refractivity contribution in [3.05, 3.63) is 41.5 Å². The van der Waals surface area contributed by atoms with E-state index in [1.54, 1.807) is 14.1 Å². The van der Waals surface area contributed by atoms with Gasteiger partial charge in [-0.2, -0.15) is 0 Å². The average molecular weight is 394 g/mol. The van der Waals surface area contributed by atoms with E-state index in [9.17, 15) is 9.59 Å². The van der Waals surface area contributed by atoms with Gasteiger partial charge in [0.1, 0.15) is 8.67 Å². The maximum Gasteiger partial charge on any atom is 2.00 e. The zero-order valence-corrected chi connectivity index (χ0v) is 16.0. The van der Waals surface area contributed by atoms with Crippen LogP contribution in [-0.2, 0) is 14.1 Å². The van der Waals surface area contributed by atoms with Gasteiger partial charge in [-0.05, 0) is 23.1 Å². The Morgan fingerprint density at radius 3 is 1.21 bits per heavy atom. The van der Waals surface area contributed by atoms with Crippen molar-refractivity contribution in [1.82, 2.24) is 7.91 Å². The number of nitrogens with zero attached hydrogens (tertiary/aromatic N) is 2. The fourth-order valence-corrected chi connectivity index (χ4v) is 2.70. The molecular formula is C8H8Cl4MgN2O2S2. The number of aryl methyl sites for hydroxylation is 2. The summed E-state index contributed by atoms with van der Waals surface area (Å²) >= 11 is 13.4. The molecule has 0 amide bonds. The molecule has 0 aliphatic rings. The Morgan fingerprint density at radius 1 is 0.895 bits per heavy atom. The molecule has 0 fully saturated rings. The van der Waals surface area contributed by atoms with Crippen LogP contribution in [-0.4, -0.2) is 31.0 Å². The number of hydrogen-bond donors (Lipinski definition) is 0. The minimum Gasteiger partial charge on any atom is -1.00 e. The topological polar surface area (TPSA) is 44.0 Å². The Kier molecular flexibility index (Phi) is 14.9. The van der Waals surface area contributed by atoms with Gasteiger partial charge in [-0.1, -0.05) is 23.2 Å². The first-order valence-corrected chi connectivity index (χ1v) is 6.36. The largest absolute Gasteiger partial charge is 2.00 e. The van der Waals surface area contributed by atoms with Gasteiger partial charge in [0.15, 0.2) is 0 Å². The van der Waals surface area contributed by atoms with E-state index in [0.717, 1.165) is 0 Å². The molecule has 2 heterocycles. The predicted octanol–water partition coefficient (Wildman–Crippen LogP) is -4.17. The van der Waals surface area contributed by atoms with Gasteiger partial charge in [0, 0.05) is 26.2 Å². The predicted molar refractivity (Wildman–Crippen MR) is 74.9 cm³/mol. The van der Waals surface area contributed by atoms with Crippen molar-refractivity contribution < 1.29 is 24.8 Å². The summed E-state index contributed by atoms with van der Waals surface area (Å²) in [5, 5.41) is 0. The molecule has 2 rings (SSSR count). The van der Waals surface area contributed by atoms with Crippen molar-refractivity contribution >= 4 is 69.3 Å². The first kappa shape index (κ1) is 24.8. The van der Waals surface area contributed by atoms with Crippen molar-refractivity contribution in [3.63, 3.8) is 0 Å². The molecule has 2 aromatic rings. The summed E-state index contributed by atoms with van der Waals surface area (Å²) in [5.74, 6) is 0. The normalized spacial score (nSPS) is 8.21. The van der Waals surface area contributed by atoms with Crippen LogP contribution in [0.25, 0.3) is 0 Å². The maximum atomic E-state index is 10.5. The summed E-state index contributed by atoms with van der Waals surface area (Å²) in [4.78, 5) is 21.1. The van der Waals surface area contributed by atoms with E-state index in [1.165, 1.54) is 43.1 Å². The Balaban J connectivity index is -0.000000233. The van der Waals surface area contributed by atoms with Crippen LogP contribution in [0.15, 0.2) is 21.7 Å². The fourth-order valence-electron chi connectivity index (χ4n) is 0.780. The molecule has 0 radical (unpaired) electrons. The van der Waals surface area contributed by atoms with E-state index in [1.807, 2.05) is 0 Å². The van der Waals surface area contributed by atoms with Gasteiger partial charge >= 0.3 is 23.1 Å². The zero-order chi connectivity index (χ0) is 12.3. The van der Waals surface area contributed by atoms with Crippen molar-refractivity contribution in [2.24, 2.45) is 14.1 Å². The standard InChI is InChI=1S/2C4H4ClNOS.2ClH.Mg/c2*1-6-4(7)2-3(5)8-6;;;/h2*2H,1H3;2*1H;/q;;;;+2/p-2. The van der Waals surface area contributed by atoms with Gasteiger partial charge in [-0.15, -0.1) is 0 Å². The quantitative estimate of drug-likeness (QED) is 0.426. The monoisotopic (exact) mass is 392 g/mol. The van der Waals surface area contributed by atoms with Gasteiger partial charge in [-0.3, -0.25) is 17.5 Å².